The van der Waals surface area contributed by atoms with Gasteiger partial charge >= 0.3 is 0 Å². The van der Waals surface area contributed by atoms with Crippen molar-refractivity contribution in [2.24, 2.45) is 0 Å². The summed E-state index contributed by atoms with van der Waals surface area (Å²) in [6.45, 7) is 0.00690. The molecule has 0 aromatic heterocycles. The molecule has 2 aromatic carbocycles. The Hall–Kier alpha value is -1.19. The third-order valence-electron chi connectivity index (χ3n) is 3.70. The monoisotopic (exact) mass is 551 g/mol. The van der Waals surface area contributed by atoms with Crippen molar-refractivity contribution < 1.29 is 19.8 Å². The standard InChI is InChI=1S/C17H9Br2Cl2NO4S/c18-10-3-8(14(23)13(19)15(10)24)4-12-16(25)22(17(26)27-12)6-7-1-2-9(20)5-11(7)21/h1-5,23-24H,6H2/b12-4-. The van der Waals surface area contributed by atoms with E-state index in [1.54, 1.807) is 12.1 Å². The van der Waals surface area contributed by atoms with Crippen LogP contribution in [-0.2, 0) is 11.3 Å². The van der Waals surface area contributed by atoms with Crippen LogP contribution in [0.5, 0.6) is 11.5 Å². The maximum absolute atomic E-state index is 12.6. The molecule has 1 aliphatic rings. The quantitative estimate of drug-likeness (QED) is 0.445. The molecule has 27 heavy (non-hydrogen) atoms. The topological polar surface area (TPSA) is 77.8 Å². The average molecular weight is 554 g/mol. The summed E-state index contributed by atoms with van der Waals surface area (Å²) >= 11 is 19.0. The van der Waals surface area contributed by atoms with E-state index in [0.717, 1.165) is 16.7 Å². The van der Waals surface area contributed by atoms with Gasteiger partial charge in [-0.05, 0) is 73.5 Å². The molecule has 1 fully saturated rings. The fourth-order valence-corrected chi connectivity index (χ4v) is 4.78. The third-order valence-corrected chi connectivity index (χ3v) is 6.55. The number of nitrogens with zero attached hydrogens (tertiary/aromatic N) is 1. The second-order valence-corrected chi connectivity index (χ2v) is 8.95. The van der Waals surface area contributed by atoms with Crippen molar-refractivity contribution in [3.63, 3.8) is 0 Å². The van der Waals surface area contributed by atoms with Crippen LogP contribution in [-0.4, -0.2) is 26.3 Å². The molecular weight excluding hydrogens is 545 g/mol. The minimum Gasteiger partial charge on any atom is -0.506 e. The summed E-state index contributed by atoms with van der Waals surface area (Å²) in [7, 11) is 0. The molecule has 0 saturated carbocycles. The van der Waals surface area contributed by atoms with E-state index >= 15 is 0 Å². The number of benzene rings is 2. The second kappa shape index (κ2) is 8.05. The van der Waals surface area contributed by atoms with Crippen LogP contribution in [0.2, 0.25) is 10.0 Å². The van der Waals surface area contributed by atoms with Gasteiger partial charge in [0.05, 0.1) is 15.9 Å². The maximum Gasteiger partial charge on any atom is 0.293 e. The van der Waals surface area contributed by atoms with Crippen LogP contribution in [0.15, 0.2) is 38.1 Å². The Labute approximate surface area is 185 Å². The number of hydrogen-bond donors (Lipinski definition) is 2. The third kappa shape index (κ3) is 4.14. The molecule has 0 radical (unpaired) electrons. The van der Waals surface area contributed by atoms with Gasteiger partial charge in [-0.1, -0.05) is 29.3 Å². The summed E-state index contributed by atoms with van der Waals surface area (Å²) < 4.78 is 0.404. The molecule has 1 saturated heterocycles. The fourth-order valence-electron chi connectivity index (χ4n) is 2.32. The van der Waals surface area contributed by atoms with Crippen LogP contribution in [0.1, 0.15) is 11.1 Å². The molecule has 3 rings (SSSR count). The lowest BCUT2D eigenvalue weighted by atomic mass is 10.1. The number of carbonyl (C=O) groups is 2. The number of amides is 2. The highest BCUT2D eigenvalue weighted by molar-refractivity contribution is 9.11. The van der Waals surface area contributed by atoms with Gasteiger partial charge in [0.1, 0.15) is 16.0 Å². The largest absolute Gasteiger partial charge is 0.506 e. The molecule has 0 atom stereocenters. The summed E-state index contributed by atoms with van der Waals surface area (Å²) in [6, 6.07) is 6.26. The van der Waals surface area contributed by atoms with Crippen molar-refractivity contribution >= 4 is 84.0 Å². The van der Waals surface area contributed by atoms with Crippen molar-refractivity contribution in [2.45, 2.75) is 6.54 Å². The van der Waals surface area contributed by atoms with E-state index in [1.807, 2.05) is 0 Å². The van der Waals surface area contributed by atoms with Gasteiger partial charge in [0.15, 0.2) is 0 Å². The Bertz CT molecular complexity index is 1010. The van der Waals surface area contributed by atoms with Gasteiger partial charge < -0.3 is 10.2 Å². The van der Waals surface area contributed by atoms with Crippen molar-refractivity contribution in [2.75, 3.05) is 0 Å². The molecule has 0 aliphatic carbocycles. The zero-order valence-corrected chi connectivity index (χ0v) is 18.7. The Morgan fingerprint density at radius 3 is 2.48 bits per heavy atom. The van der Waals surface area contributed by atoms with Gasteiger partial charge in [-0.3, -0.25) is 14.5 Å². The highest BCUT2D eigenvalue weighted by atomic mass is 79.9. The lowest BCUT2D eigenvalue weighted by molar-refractivity contribution is -0.123. The molecule has 1 aliphatic heterocycles. The van der Waals surface area contributed by atoms with Gasteiger partial charge in [-0.15, -0.1) is 0 Å². The highest BCUT2D eigenvalue weighted by Gasteiger charge is 2.35. The zero-order valence-electron chi connectivity index (χ0n) is 13.2. The van der Waals surface area contributed by atoms with Crippen LogP contribution >= 0.6 is 66.8 Å². The number of imide groups is 1. The first-order valence-corrected chi connectivity index (χ1v) is 10.4. The second-order valence-electron chi connectivity index (χ2n) is 5.46. The summed E-state index contributed by atoms with van der Waals surface area (Å²) in [4.78, 5) is 26.1. The molecule has 140 valence electrons. The summed E-state index contributed by atoms with van der Waals surface area (Å²) in [5.41, 5.74) is 0.851. The van der Waals surface area contributed by atoms with Crippen LogP contribution < -0.4 is 0 Å². The molecule has 2 N–H and O–H groups in total. The Morgan fingerprint density at radius 2 is 1.81 bits per heavy atom. The van der Waals surface area contributed by atoms with E-state index in [4.69, 9.17) is 23.2 Å². The SMILES string of the molecule is O=C1S/C(=C\c2cc(Br)c(O)c(Br)c2O)C(=O)N1Cc1ccc(Cl)cc1Cl. The lowest BCUT2D eigenvalue weighted by Crippen LogP contribution is -2.27. The number of halogens is 4. The summed E-state index contributed by atoms with van der Waals surface area (Å²) in [6.07, 6.45) is 1.39. The van der Waals surface area contributed by atoms with Crippen molar-refractivity contribution in [1.82, 2.24) is 4.90 Å². The Kier molecular flexibility index (Phi) is 6.12. The van der Waals surface area contributed by atoms with E-state index in [2.05, 4.69) is 31.9 Å². The van der Waals surface area contributed by atoms with Crippen molar-refractivity contribution in [3.05, 3.63) is 59.3 Å². The number of carbonyl (C=O) groups excluding carboxylic acids is 2. The van der Waals surface area contributed by atoms with Crippen LogP contribution in [0, 0.1) is 0 Å². The average Bonchev–Trinajstić information content (AvgIpc) is 2.87. The fraction of sp³-hybridized carbons (Fsp3) is 0.0588. The van der Waals surface area contributed by atoms with Gasteiger partial charge in [-0.25, -0.2) is 0 Å². The Balaban J connectivity index is 1.91. The smallest absolute Gasteiger partial charge is 0.293 e. The van der Waals surface area contributed by atoms with E-state index in [1.165, 1.54) is 18.2 Å². The van der Waals surface area contributed by atoms with Crippen molar-refractivity contribution in [1.29, 1.82) is 0 Å². The number of phenols is 2. The van der Waals surface area contributed by atoms with E-state index in [0.29, 0.717) is 20.1 Å². The van der Waals surface area contributed by atoms with Crippen LogP contribution in [0.25, 0.3) is 6.08 Å². The highest BCUT2D eigenvalue weighted by Crippen LogP contribution is 2.43. The molecular formula is C17H9Br2Cl2NO4S. The predicted octanol–water partition coefficient (Wildman–Crippen LogP) is 6.17. The molecule has 2 aromatic rings. The van der Waals surface area contributed by atoms with Crippen molar-refractivity contribution in [3.8, 4) is 11.5 Å². The molecule has 0 unspecified atom stereocenters. The van der Waals surface area contributed by atoms with Crippen LogP contribution in [0.3, 0.4) is 0 Å². The number of hydrogen-bond acceptors (Lipinski definition) is 5. The molecule has 2 amide bonds. The molecule has 1 heterocycles. The molecule has 5 nitrogen and oxygen atoms in total. The normalized spacial score (nSPS) is 15.9. The van der Waals surface area contributed by atoms with Gasteiger partial charge in [0.25, 0.3) is 11.1 Å². The zero-order chi connectivity index (χ0) is 19.9. The van der Waals surface area contributed by atoms with Gasteiger partial charge in [0, 0.05) is 15.6 Å². The van der Waals surface area contributed by atoms with E-state index in [9.17, 15) is 19.8 Å². The number of phenolic OH excluding ortho intramolecular Hbond substituents is 2. The Morgan fingerprint density at radius 1 is 1.11 bits per heavy atom. The molecule has 0 spiro atoms. The first kappa shape index (κ1) is 20.5. The van der Waals surface area contributed by atoms with E-state index < -0.39 is 11.1 Å². The summed E-state index contributed by atoms with van der Waals surface area (Å²) in [5, 5.41) is 20.3. The minimum absolute atomic E-state index is 0.00690. The first-order valence-electron chi connectivity index (χ1n) is 7.28. The number of rotatable bonds is 3. The lowest BCUT2D eigenvalue weighted by Gasteiger charge is -2.13. The molecule has 0 bridgehead atoms. The molecule has 10 heteroatoms. The van der Waals surface area contributed by atoms with Gasteiger partial charge in [-0.2, -0.15) is 0 Å². The van der Waals surface area contributed by atoms with Gasteiger partial charge in [0.2, 0.25) is 0 Å². The predicted molar refractivity (Wildman–Crippen MR) is 113 cm³/mol. The first-order chi connectivity index (χ1) is 12.7. The summed E-state index contributed by atoms with van der Waals surface area (Å²) in [5.74, 6) is -0.922. The number of thioether (sulfide) groups is 1. The number of aromatic hydroxyl groups is 2. The van der Waals surface area contributed by atoms with Crippen LogP contribution in [0.4, 0.5) is 4.79 Å². The maximum atomic E-state index is 12.6. The van der Waals surface area contributed by atoms with E-state index in [-0.39, 0.29) is 33.0 Å². The minimum atomic E-state index is -0.504.